The van der Waals surface area contributed by atoms with Crippen molar-refractivity contribution in [2.75, 3.05) is 19.0 Å². The predicted molar refractivity (Wildman–Crippen MR) is 43.9 cm³/mol. The molecule has 1 aromatic heterocycles. The minimum Gasteiger partial charge on any atom is -0.458 e. The predicted octanol–water partition coefficient (Wildman–Crippen LogP) is 0.129. The minimum absolute atomic E-state index is 0.0240. The third-order valence-electron chi connectivity index (χ3n) is 1.36. The van der Waals surface area contributed by atoms with E-state index in [4.69, 9.17) is 5.73 Å². The van der Waals surface area contributed by atoms with E-state index in [0.717, 1.165) is 0 Å². The average Bonchev–Trinajstić information content (AvgIpc) is 2.41. The summed E-state index contributed by atoms with van der Waals surface area (Å²) >= 11 is 0. The van der Waals surface area contributed by atoms with Gasteiger partial charge >= 0.3 is 5.97 Å². The summed E-state index contributed by atoms with van der Waals surface area (Å²) in [6, 6.07) is 0. The van der Waals surface area contributed by atoms with E-state index in [-0.39, 0.29) is 18.0 Å². The van der Waals surface area contributed by atoms with Gasteiger partial charge in [-0.25, -0.2) is 9.18 Å². The molecule has 0 bridgehead atoms. The van der Waals surface area contributed by atoms with E-state index in [1.165, 1.54) is 10.9 Å². The second-order valence-electron chi connectivity index (χ2n) is 2.43. The number of hydrogen-bond acceptors (Lipinski definition) is 4. The molecule has 1 aromatic rings. The molecule has 0 radical (unpaired) electrons. The Balaban J connectivity index is 2.70. The monoisotopic (exact) mass is 187 g/mol. The summed E-state index contributed by atoms with van der Waals surface area (Å²) in [5, 5.41) is 3.76. The zero-order valence-corrected chi connectivity index (χ0v) is 7.16. The first-order chi connectivity index (χ1) is 6.15. The number of aromatic nitrogens is 2. The van der Waals surface area contributed by atoms with E-state index in [1.807, 2.05) is 0 Å². The third kappa shape index (κ3) is 2.17. The molecule has 5 nitrogen and oxygen atoms in total. The lowest BCUT2D eigenvalue weighted by Crippen LogP contribution is -2.10. The van der Waals surface area contributed by atoms with Gasteiger partial charge in [0.05, 0.1) is 5.69 Å². The Kier molecular flexibility index (Phi) is 2.84. The van der Waals surface area contributed by atoms with Crippen LogP contribution in [0.15, 0.2) is 6.20 Å². The Morgan fingerprint density at radius 1 is 1.85 bits per heavy atom. The molecule has 1 heterocycles. The number of nitrogens with two attached hydrogens (primary N) is 1. The van der Waals surface area contributed by atoms with E-state index in [2.05, 4.69) is 9.84 Å². The van der Waals surface area contributed by atoms with Crippen molar-refractivity contribution in [2.45, 2.75) is 0 Å². The summed E-state index contributed by atoms with van der Waals surface area (Å²) in [4.78, 5) is 11.1. The molecule has 1 rings (SSSR count). The van der Waals surface area contributed by atoms with Crippen LogP contribution in [0, 0.1) is 0 Å². The van der Waals surface area contributed by atoms with Crippen molar-refractivity contribution in [1.29, 1.82) is 0 Å². The molecular formula is C7H10FN3O2. The van der Waals surface area contributed by atoms with Gasteiger partial charge in [0.2, 0.25) is 0 Å². The highest BCUT2D eigenvalue weighted by Gasteiger charge is 2.14. The highest BCUT2D eigenvalue weighted by Crippen LogP contribution is 2.08. The van der Waals surface area contributed by atoms with E-state index in [0.29, 0.717) is 0 Å². The van der Waals surface area contributed by atoms with Crippen molar-refractivity contribution in [1.82, 2.24) is 9.78 Å². The molecule has 0 saturated carbocycles. The molecule has 0 atom stereocenters. The lowest BCUT2D eigenvalue weighted by atomic mass is 10.4. The first-order valence-electron chi connectivity index (χ1n) is 3.67. The normalized spacial score (nSPS) is 10.0. The first-order valence-corrected chi connectivity index (χ1v) is 3.67. The number of nitrogen functional groups attached to an aromatic ring is 1. The van der Waals surface area contributed by atoms with Crippen LogP contribution in [0.3, 0.4) is 0 Å². The second-order valence-corrected chi connectivity index (χ2v) is 2.43. The number of alkyl halides is 1. The minimum atomic E-state index is -0.710. The van der Waals surface area contributed by atoms with Crippen LogP contribution in [0.2, 0.25) is 0 Å². The van der Waals surface area contributed by atoms with E-state index in [9.17, 15) is 9.18 Å². The quantitative estimate of drug-likeness (QED) is 0.683. The van der Waals surface area contributed by atoms with Gasteiger partial charge in [-0.2, -0.15) is 5.10 Å². The molecule has 72 valence electrons. The number of hydrogen-bond donors (Lipinski definition) is 1. The van der Waals surface area contributed by atoms with Gasteiger partial charge in [0.1, 0.15) is 13.3 Å². The maximum absolute atomic E-state index is 11.6. The molecular weight excluding hydrogens is 177 g/mol. The standard InChI is InChI=1S/C7H10FN3O2/c1-11-4-5(9)6(10-11)7(12)13-3-2-8/h4H,2-3,9H2,1H3. The van der Waals surface area contributed by atoms with Crippen LogP contribution in [0.4, 0.5) is 10.1 Å². The summed E-state index contributed by atoms with van der Waals surface area (Å²) in [5.41, 5.74) is 5.69. The molecule has 6 heteroatoms. The van der Waals surface area contributed by atoms with Crippen LogP contribution in [-0.2, 0) is 11.8 Å². The fraction of sp³-hybridized carbons (Fsp3) is 0.429. The fourth-order valence-corrected chi connectivity index (χ4v) is 0.865. The number of rotatable bonds is 3. The lowest BCUT2D eigenvalue weighted by Gasteiger charge is -1.98. The molecule has 0 aliphatic heterocycles. The van der Waals surface area contributed by atoms with Crippen LogP contribution < -0.4 is 5.73 Å². The van der Waals surface area contributed by atoms with E-state index < -0.39 is 12.6 Å². The van der Waals surface area contributed by atoms with Crippen LogP contribution in [0.25, 0.3) is 0 Å². The summed E-state index contributed by atoms with van der Waals surface area (Å²) in [7, 11) is 1.63. The van der Waals surface area contributed by atoms with Gasteiger partial charge in [-0.1, -0.05) is 0 Å². The highest BCUT2D eigenvalue weighted by molar-refractivity contribution is 5.92. The zero-order chi connectivity index (χ0) is 9.84. The Bertz CT molecular complexity index is 311. The van der Waals surface area contributed by atoms with Crippen LogP contribution >= 0.6 is 0 Å². The molecule has 2 N–H and O–H groups in total. The number of ether oxygens (including phenoxy) is 1. The van der Waals surface area contributed by atoms with Crippen LogP contribution in [-0.4, -0.2) is 29.0 Å². The van der Waals surface area contributed by atoms with Gasteiger partial charge < -0.3 is 10.5 Å². The Morgan fingerprint density at radius 3 is 3.00 bits per heavy atom. The number of aryl methyl sites for hydroxylation is 1. The van der Waals surface area contributed by atoms with Crippen LogP contribution in [0.1, 0.15) is 10.5 Å². The molecule has 0 aliphatic carbocycles. The number of carbonyl (C=O) groups is 1. The average molecular weight is 187 g/mol. The van der Waals surface area contributed by atoms with Gasteiger partial charge in [-0.15, -0.1) is 0 Å². The van der Waals surface area contributed by atoms with Crippen molar-refractivity contribution in [3.05, 3.63) is 11.9 Å². The molecule has 0 fully saturated rings. The first kappa shape index (κ1) is 9.50. The molecule has 0 spiro atoms. The molecule has 13 heavy (non-hydrogen) atoms. The van der Waals surface area contributed by atoms with Gasteiger partial charge in [0.15, 0.2) is 5.69 Å². The molecule has 0 aliphatic rings. The van der Waals surface area contributed by atoms with Crippen molar-refractivity contribution >= 4 is 11.7 Å². The molecule has 0 aromatic carbocycles. The van der Waals surface area contributed by atoms with Gasteiger partial charge in [0.25, 0.3) is 0 Å². The summed E-state index contributed by atoms with van der Waals surface area (Å²) in [6.45, 7) is -0.979. The van der Waals surface area contributed by atoms with E-state index >= 15 is 0 Å². The van der Waals surface area contributed by atoms with Gasteiger partial charge in [0, 0.05) is 13.2 Å². The van der Waals surface area contributed by atoms with Crippen molar-refractivity contribution in [2.24, 2.45) is 7.05 Å². The van der Waals surface area contributed by atoms with Gasteiger partial charge in [-0.3, -0.25) is 4.68 Å². The Labute approximate surface area is 74.3 Å². The van der Waals surface area contributed by atoms with Crippen LogP contribution in [0.5, 0.6) is 0 Å². The topological polar surface area (TPSA) is 70.1 Å². The lowest BCUT2D eigenvalue weighted by molar-refractivity contribution is 0.0474. The number of nitrogens with zero attached hydrogens (tertiary/aromatic N) is 2. The molecule has 0 unspecified atom stereocenters. The second kappa shape index (κ2) is 3.88. The fourth-order valence-electron chi connectivity index (χ4n) is 0.865. The highest BCUT2D eigenvalue weighted by atomic mass is 19.1. The van der Waals surface area contributed by atoms with Crippen molar-refractivity contribution in [3.8, 4) is 0 Å². The SMILES string of the molecule is Cn1cc(N)c(C(=O)OCCF)n1. The summed E-state index contributed by atoms with van der Waals surface area (Å²) < 4.78 is 17.5. The Morgan fingerprint density at radius 2 is 2.54 bits per heavy atom. The smallest absolute Gasteiger partial charge is 0.361 e. The Hall–Kier alpha value is -1.59. The number of halogens is 1. The van der Waals surface area contributed by atoms with Crippen molar-refractivity contribution < 1.29 is 13.9 Å². The zero-order valence-electron chi connectivity index (χ0n) is 7.16. The summed E-state index contributed by atoms with van der Waals surface area (Å²) in [5.74, 6) is -0.698. The van der Waals surface area contributed by atoms with E-state index in [1.54, 1.807) is 7.05 Å². The number of carbonyl (C=O) groups excluding carboxylic acids is 1. The molecule has 0 saturated heterocycles. The van der Waals surface area contributed by atoms with Gasteiger partial charge in [-0.05, 0) is 0 Å². The maximum atomic E-state index is 11.6. The third-order valence-corrected chi connectivity index (χ3v) is 1.36. The largest absolute Gasteiger partial charge is 0.458 e. The molecule has 0 amide bonds. The van der Waals surface area contributed by atoms with Crippen molar-refractivity contribution in [3.63, 3.8) is 0 Å². The number of esters is 1. The summed E-state index contributed by atoms with van der Waals surface area (Å²) in [6.07, 6.45) is 1.48. The maximum Gasteiger partial charge on any atom is 0.361 e. The number of anilines is 1.